The maximum absolute atomic E-state index is 12.3. The van der Waals surface area contributed by atoms with E-state index in [-0.39, 0.29) is 13.1 Å². The number of hydrogen-bond donors (Lipinski definition) is 1. The Morgan fingerprint density at radius 3 is 2.22 bits per heavy atom. The van der Waals surface area contributed by atoms with Crippen LogP contribution in [0.15, 0.2) is 48.5 Å². The van der Waals surface area contributed by atoms with Gasteiger partial charge in [-0.2, -0.15) is 0 Å². The molecule has 27 heavy (non-hydrogen) atoms. The number of fused-ring (bicyclic) bond motifs is 1. The first-order valence-electron chi connectivity index (χ1n) is 8.46. The topological polar surface area (TPSA) is 69.7 Å². The average molecular weight is 361 g/mol. The lowest BCUT2D eigenvalue weighted by Crippen LogP contribution is -2.40. The van der Waals surface area contributed by atoms with Crippen LogP contribution in [0, 0.1) is 11.8 Å². The van der Waals surface area contributed by atoms with Crippen LogP contribution in [0.3, 0.4) is 0 Å². The van der Waals surface area contributed by atoms with Gasteiger partial charge >= 0.3 is 0 Å². The molecule has 2 aromatic rings. The normalized spacial score (nSPS) is 12.3. The molecule has 0 bridgehead atoms. The Morgan fingerprint density at radius 2 is 1.59 bits per heavy atom. The number of hydrogen-bond acceptors (Lipinski definition) is 4. The number of anilines is 1. The second-order valence-electron chi connectivity index (χ2n) is 6.23. The molecule has 0 fully saturated rings. The highest BCUT2D eigenvalue weighted by Crippen LogP contribution is 2.21. The minimum Gasteiger partial charge on any atom is -0.377 e. The lowest BCUT2D eigenvalue weighted by Gasteiger charge is -2.14. The Bertz CT molecular complexity index is 935. The number of para-hydroxylation sites is 1. The van der Waals surface area contributed by atoms with Gasteiger partial charge in [0, 0.05) is 19.7 Å². The lowest BCUT2D eigenvalue weighted by molar-refractivity contribution is -0.121. The van der Waals surface area contributed by atoms with Gasteiger partial charge in [0.2, 0.25) is 5.91 Å². The minimum atomic E-state index is -0.447. The third kappa shape index (κ3) is 3.82. The van der Waals surface area contributed by atoms with Crippen molar-refractivity contribution in [2.45, 2.75) is 0 Å². The van der Waals surface area contributed by atoms with Crippen LogP contribution in [0.1, 0.15) is 26.3 Å². The molecule has 3 rings (SSSR count). The molecule has 6 nitrogen and oxygen atoms in total. The van der Waals surface area contributed by atoms with Crippen LogP contribution in [0.5, 0.6) is 0 Å². The molecule has 0 radical (unpaired) electrons. The van der Waals surface area contributed by atoms with Crippen molar-refractivity contribution >= 4 is 23.4 Å². The molecule has 2 aromatic carbocycles. The first-order valence-corrected chi connectivity index (χ1v) is 8.46. The number of nitrogens with zero attached hydrogens (tertiary/aromatic N) is 2. The van der Waals surface area contributed by atoms with Crippen LogP contribution >= 0.6 is 0 Å². The smallest absolute Gasteiger partial charge is 0.262 e. The van der Waals surface area contributed by atoms with Crippen molar-refractivity contribution in [3.8, 4) is 11.8 Å². The predicted molar refractivity (Wildman–Crippen MR) is 102 cm³/mol. The van der Waals surface area contributed by atoms with Crippen molar-refractivity contribution in [1.82, 2.24) is 10.2 Å². The monoisotopic (exact) mass is 361 g/mol. The SMILES string of the molecule is CN(C)c1ccccc1C#CCNC(=O)CN1C(=O)c2ccccc2C1=O. The van der Waals surface area contributed by atoms with Gasteiger partial charge < -0.3 is 10.2 Å². The second-order valence-corrected chi connectivity index (χ2v) is 6.23. The van der Waals surface area contributed by atoms with Gasteiger partial charge in [-0.3, -0.25) is 19.3 Å². The summed E-state index contributed by atoms with van der Waals surface area (Å²) in [7, 11) is 3.87. The van der Waals surface area contributed by atoms with Crippen LogP contribution in [-0.4, -0.2) is 49.8 Å². The maximum Gasteiger partial charge on any atom is 0.262 e. The molecule has 136 valence electrons. The molecule has 1 N–H and O–H groups in total. The fraction of sp³-hybridized carbons (Fsp3) is 0.190. The number of amides is 3. The zero-order chi connectivity index (χ0) is 19.4. The van der Waals surface area contributed by atoms with Crippen LogP contribution in [-0.2, 0) is 4.79 Å². The van der Waals surface area contributed by atoms with Gasteiger partial charge in [0.1, 0.15) is 6.54 Å². The molecule has 1 aliphatic rings. The van der Waals surface area contributed by atoms with Gasteiger partial charge in [0.15, 0.2) is 0 Å². The van der Waals surface area contributed by atoms with Crippen molar-refractivity contribution in [1.29, 1.82) is 0 Å². The maximum atomic E-state index is 12.3. The number of imide groups is 1. The fourth-order valence-electron chi connectivity index (χ4n) is 2.83. The van der Waals surface area contributed by atoms with Gasteiger partial charge in [-0.25, -0.2) is 0 Å². The van der Waals surface area contributed by atoms with Crippen molar-refractivity contribution < 1.29 is 14.4 Å². The summed E-state index contributed by atoms with van der Waals surface area (Å²) in [5.74, 6) is 4.59. The number of carbonyl (C=O) groups is 3. The second kappa shape index (κ2) is 7.75. The van der Waals surface area contributed by atoms with Gasteiger partial charge in [0.05, 0.1) is 23.4 Å². The summed E-state index contributed by atoms with van der Waals surface area (Å²) < 4.78 is 0. The Balaban J connectivity index is 1.58. The third-order valence-electron chi connectivity index (χ3n) is 4.16. The van der Waals surface area contributed by atoms with Crippen LogP contribution < -0.4 is 10.2 Å². The van der Waals surface area contributed by atoms with Gasteiger partial charge in [0.25, 0.3) is 11.8 Å². The van der Waals surface area contributed by atoms with Crippen LogP contribution in [0.4, 0.5) is 5.69 Å². The number of rotatable bonds is 4. The number of carbonyl (C=O) groups excluding carboxylic acids is 3. The summed E-state index contributed by atoms with van der Waals surface area (Å²) in [5, 5.41) is 2.62. The minimum absolute atomic E-state index is 0.129. The van der Waals surface area contributed by atoms with Crippen molar-refractivity contribution in [3.63, 3.8) is 0 Å². The molecular formula is C21H19N3O3. The molecule has 1 aliphatic heterocycles. The number of benzene rings is 2. The summed E-state index contributed by atoms with van der Waals surface area (Å²) >= 11 is 0. The molecular weight excluding hydrogens is 342 g/mol. The molecule has 0 spiro atoms. The Labute approximate surface area is 157 Å². The average Bonchev–Trinajstić information content (AvgIpc) is 2.91. The number of nitrogens with one attached hydrogen (secondary N) is 1. The lowest BCUT2D eigenvalue weighted by atomic mass is 10.1. The van der Waals surface area contributed by atoms with E-state index in [4.69, 9.17) is 0 Å². The molecule has 0 aromatic heterocycles. The summed E-state index contributed by atoms with van der Waals surface area (Å²) in [6.07, 6.45) is 0. The van der Waals surface area contributed by atoms with E-state index in [2.05, 4.69) is 17.2 Å². The fourth-order valence-corrected chi connectivity index (χ4v) is 2.83. The zero-order valence-electron chi connectivity index (χ0n) is 15.2. The van der Waals surface area contributed by atoms with Crippen LogP contribution in [0.2, 0.25) is 0 Å². The highest BCUT2D eigenvalue weighted by atomic mass is 16.2. The van der Waals surface area contributed by atoms with E-state index in [0.29, 0.717) is 11.1 Å². The summed E-state index contributed by atoms with van der Waals surface area (Å²) in [5.41, 5.74) is 2.50. The van der Waals surface area contributed by atoms with Crippen molar-refractivity contribution in [3.05, 3.63) is 65.2 Å². The highest BCUT2D eigenvalue weighted by Gasteiger charge is 2.36. The third-order valence-corrected chi connectivity index (χ3v) is 4.16. The zero-order valence-corrected chi connectivity index (χ0v) is 15.2. The van der Waals surface area contributed by atoms with Gasteiger partial charge in [-0.1, -0.05) is 36.1 Å². The van der Waals surface area contributed by atoms with E-state index in [1.807, 2.05) is 43.3 Å². The molecule has 0 saturated carbocycles. The van der Waals surface area contributed by atoms with E-state index in [1.54, 1.807) is 24.3 Å². The van der Waals surface area contributed by atoms with Gasteiger partial charge in [-0.15, -0.1) is 0 Å². The van der Waals surface area contributed by atoms with E-state index in [1.165, 1.54) is 0 Å². The standard InChI is InChI=1S/C21H19N3O3/c1-23(2)18-12-6-3-8-15(18)9-7-13-22-19(25)14-24-20(26)16-10-4-5-11-17(16)21(24)27/h3-6,8,10-12H,13-14H2,1-2H3,(H,22,25). The van der Waals surface area contributed by atoms with Crippen LogP contribution in [0.25, 0.3) is 0 Å². The summed E-state index contributed by atoms with van der Waals surface area (Å²) in [4.78, 5) is 39.5. The Kier molecular flexibility index (Phi) is 5.23. The highest BCUT2D eigenvalue weighted by molar-refractivity contribution is 6.22. The summed E-state index contributed by atoms with van der Waals surface area (Å²) in [6, 6.07) is 14.3. The first kappa shape index (κ1) is 18.2. The van der Waals surface area contributed by atoms with E-state index in [0.717, 1.165) is 16.2 Å². The van der Waals surface area contributed by atoms with Crippen molar-refractivity contribution in [2.24, 2.45) is 0 Å². The largest absolute Gasteiger partial charge is 0.377 e. The molecule has 1 heterocycles. The molecule has 0 aliphatic carbocycles. The van der Waals surface area contributed by atoms with Crippen molar-refractivity contribution in [2.75, 3.05) is 32.1 Å². The predicted octanol–water partition coefficient (Wildman–Crippen LogP) is 1.52. The van der Waals surface area contributed by atoms with E-state index >= 15 is 0 Å². The molecule has 0 unspecified atom stereocenters. The molecule has 3 amide bonds. The first-order chi connectivity index (χ1) is 13.0. The Morgan fingerprint density at radius 1 is 1.00 bits per heavy atom. The van der Waals surface area contributed by atoms with E-state index < -0.39 is 17.7 Å². The Hall–Kier alpha value is -3.59. The quantitative estimate of drug-likeness (QED) is 0.662. The molecule has 0 atom stereocenters. The molecule has 6 heteroatoms. The van der Waals surface area contributed by atoms with E-state index in [9.17, 15) is 14.4 Å². The molecule has 0 saturated heterocycles. The van der Waals surface area contributed by atoms with Gasteiger partial charge in [-0.05, 0) is 24.3 Å². The summed E-state index contributed by atoms with van der Waals surface area (Å²) in [6.45, 7) is -0.188.